The van der Waals surface area contributed by atoms with Crippen LogP contribution in [0.4, 0.5) is 0 Å². The lowest BCUT2D eigenvalue weighted by molar-refractivity contribution is -0.126. The standard InChI is InChI=1S/C16H19NO2/c1-11-6-8-12(9-7-11)16(19)17-14-5-3-2-4-13(14)10-15(17)18/h6-9,13-14H,2-5,10H2,1H3. The van der Waals surface area contributed by atoms with Gasteiger partial charge in [0.1, 0.15) is 0 Å². The molecule has 19 heavy (non-hydrogen) atoms. The third-order valence-corrected chi connectivity index (χ3v) is 4.42. The van der Waals surface area contributed by atoms with Crippen molar-refractivity contribution in [3.8, 4) is 0 Å². The first kappa shape index (κ1) is 12.4. The number of hydrogen-bond donors (Lipinski definition) is 0. The van der Waals surface area contributed by atoms with E-state index in [1.54, 1.807) is 0 Å². The maximum absolute atomic E-state index is 12.5. The normalized spacial score (nSPS) is 26.4. The van der Waals surface area contributed by atoms with Crippen LogP contribution in [0.15, 0.2) is 24.3 Å². The maximum Gasteiger partial charge on any atom is 0.260 e. The fraction of sp³-hybridized carbons (Fsp3) is 0.500. The summed E-state index contributed by atoms with van der Waals surface area (Å²) in [6.45, 7) is 1.99. The number of hydrogen-bond acceptors (Lipinski definition) is 2. The third-order valence-electron chi connectivity index (χ3n) is 4.42. The molecule has 2 unspecified atom stereocenters. The molecule has 100 valence electrons. The molecule has 2 aliphatic rings. The number of fused-ring (bicyclic) bond motifs is 1. The minimum absolute atomic E-state index is 0.0162. The minimum Gasteiger partial charge on any atom is -0.275 e. The summed E-state index contributed by atoms with van der Waals surface area (Å²) in [5, 5.41) is 0. The molecule has 1 aliphatic heterocycles. The van der Waals surface area contributed by atoms with Crippen molar-refractivity contribution in [3.63, 3.8) is 0 Å². The van der Waals surface area contributed by atoms with Gasteiger partial charge in [-0.1, -0.05) is 30.5 Å². The first-order chi connectivity index (χ1) is 9.16. The summed E-state index contributed by atoms with van der Waals surface area (Å²) in [5.74, 6) is 0.303. The second-order valence-corrected chi connectivity index (χ2v) is 5.75. The highest BCUT2D eigenvalue weighted by Crippen LogP contribution is 2.37. The zero-order chi connectivity index (χ0) is 13.4. The second-order valence-electron chi connectivity index (χ2n) is 5.75. The van der Waals surface area contributed by atoms with Gasteiger partial charge in [-0.3, -0.25) is 14.5 Å². The summed E-state index contributed by atoms with van der Waals surface area (Å²) in [6, 6.07) is 7.63. The Labute approximate surface area is 113 Å². The van der Waals surface area contributed by atoms with Crippen LogP contribution < -0.4 is 0 Å². The van der Waals surface area contributed by atoms with Crippen LogP contribution in [0.25, 0.3) is 0 Å². The van der Waals surface area contributed by atoms with Crippen molar-refractivity contribution in [2.24, 2.45) is 5.92 Å². The van der Waals surface area contributed by atoms with Crippen molar-refractivity contribution in [1.82, 2.24) is 4.90 Å². The summed E-state index contributed by atoms with van der Waals surface area (Å²) < 4.78 is 0. The molecule has 2 amide bonds. The molecule has 1 aromatic rings. The van der Waals surface area contributed by atoms with E-state index >= 15 is 0 Å². The van der Waals surface area contributed by atoms with E-state index < -0.39 is 0 Å². The lowest BCUT2D eigenvalue weighted by atomic mass is 9.85. The summed E-state index contributed by atoms with van der Waals surface area (Å²) in [5.41, 5.74) is 1.75. The average molecular weight is 257 g/mol. The van der Waals surface area contributed by atoms with Gasteiger partial charge in [0.05, 0.1) is 0 Å². The van der Waals surface area contributed by atoms with Crippen LogP contribution >= 0.6 is 0 Å². The van der Waals surface area contributed by atoms with Crippen LogP contribution in [0.2, 0.25) is 0 Å². The van der Waals surface area contributed by atoms with Gasteiger partial charge in [0.2, 0.25) is 5.91 Å². The number of amides is 2. The highest BCUT2D eigenvalue weighted by molar-refractivity contribution is 6.06. The molecule has 1 aliphatic carbocycles. The molecule has 0 bridgehead atoms. The average Bonchev–Trinajstić information content (AvgIpc) is 2.74. The molecule has 3 rings (SSSR count). The molecule has 0 spiro atoms. The van der Waals surface area contributed by atoms with Crippen LogP contribution in [0.1, 0.15) is 48.0 Å². The zero-order valence-electron chi connectivity index (χ0n) is 11.3. The monoisotopic (exact) mass is 257 g/mol. The van der Waals surface area contributed by atoms with Gasteiger partial charge < -0.3 is 0 Å². The number of benzene rings is 1. The SMILES string of the molecule is Cc1ccc(C(=O)N2C(=O)CC3CCCCC32)cc1. The van der Waals surface area contributed by atoms with E-state index in [2.05, 4.69) is 0 Å². The highest BCUT2D eigenvalue weighted by atomic mass is 16.2. The predicted molar refractivity (Wildman–Crippen MR) is 72.7 cm³/mol. The van der Waals surface area contributed by atoms with Crippen LogP contribution in [-0.4, -0.2) is 22.8 Å². The fourth-order valence-corrected chi connectivity index (χ4v) is 3.37. The van der Waals surface area contributed by atoms with E-state index in [1.807, 2.05) is 31.2 Å². The van der Waals surface area contributed by atoms with Gasteiger partial charge in [-0.05, 0) is 37.8 Å². The van der Waals surface area contributed by atoms with Crippen molar-refractivity contribution < 1.29 is 9.59 Å². The molecule has 0 radical (unpaired) electrons. The van der Waals surface area contributed by atoms with Crippen LogP contribution in [0.5, 0.6) is 0 Å². The summed E-state index contributed by atoms with van der Waals surface area (Å²) in [4.78, 5) is 26.2. The van der Waals surface area contributed by atoms with Crippen LogP contribution in [0, 0.1) is 12.8 Å². The Balaban J connectivity index is 1.86. The topological polar surface area (TPSA) is 37.4 Å². The fourth-order valence-electron chi connectivity index (χ4n) is 3.37. The molecule has 0 N–H and O–H groups in total. The summed E-state index contributed by atoms with van der Waals surface area (Å²) >= 11 is 0. The van der Waals surface area contributed by atoms with Crippen molar-refractivity contribution in [1.29, 1.82) is 0 Å². The number of likely N-dealkylation sites (tertiary alicyclic amines) is 1. The molecule has 1 saturated heterocycles. The Morgan fingerprint density at radius 1 is 1.16 bits per heavy atom. The van der Waals surface area contributed by atoms with Crippen LogP contribution in [-0.2, 0) is 4.79 Å². The van der Waals surface area contributed by atoms with Crippen molar-refractivity contribution in [3.05, 3.63) is 35.4 Å². The number of aryl methyl sites for hydroxylation is 1. The predicted octanol–water partition coefficient (Wildman–Crippen LogP) is 2.93. The molecule has 2 fully saturated rings. The van der Waals surface area contributed by atoms with Crippen molar-refractivity contribution >= 4 is 11.8 Å². The van der Waals surface area contributed by atoms with Gasteiger partial charge in [0, 0.05) is 18.0 Å². The molecule has 3 heteroatoms. The number of carbonyl (C=O) groups is 2. The molecule has 1 saturated carbocycles. The molecular weight excluding hydrogens is 238 g/mol. The van der Waals surface area contributed by atoms with Crippen LogP contribution in [0.3, 0.4) is 0 Å². The summed E-state index contributed by atoms with van der Waals surface area (Å²) in [7, 11) is 0. The lowest BCUT2D eigenvalue weighted by Crippen LogP contribution is -2.41. The van der Waals surface area contributed by atoms with Gasteiger partial charge in [-0.15, -0.1) is 0 Å². The summed E-state index contributed by atoms with van der Waals surface area (Å²) in [6.07, 6.45) is 4.96. The van der Waals surface area contributed by atoms with Gasteiger partial charge >= 0.3 is 0 Å². The molecule has 2 atom stereocenters. The van der Waals surface area contributed by atoms with Crippen molar-refractivity contribution in [2.45, 2.75) is 45.1 Å². The van der Waals surface area contributed by atoms with Gasteiger partial charge in [0.15, 0.2) is 0 Å². The molecule has 3 nitrogen and oxygen atoms in total. The lowest BCUT2D eigenvalue weighted by Gasteiger charge is -2.30. The van der Waals surface area contributed by atoms with E-state index in [-0.39, 0.29) is 17.9 Å². The maximum atomic E-state index is 12.5. The third kappa shape index (κ3) is 2.18. The quantitative estimate of drug-likeness (QED) is 0.725. The number of rotatable bonds is 1. The Bertz CT molecular complexity index is 506. The van der Waals surface area contributed by atoms with Crippen molar-refractivity contribution in [2.75, 3.05) is 0 Å². The van der Waals surface area contributed by atoms with E-state index in [0.717, 1.165) is 24.8 Å². The highest BCUT2D eigenvalue weighted by Gasteiger charge is 2.43. The van der Waals surface area contributed by atoms with E-state index in [1.165, 1.54) is 11.3 Å². The Kier molecular flexibility index (Phi) is 3.13. The van der Waals surface area contributed by atoms with Gasteiger partial charge in [-0.2, -0.15) is 0 Å². The molecular formula is C16H19NO2. The Morgan fingerprint density at radius 3 is 2.58 bits per heavy atom. The van der Waals surface area contributed by atoms with Gasteiger partial charge in [-0.25, -0.2) is 0 Å². The Hall–Kier alpha value is -1.64. The Morgan fingerprint density at radius 2 is 1.84 bits per heavy atom. The zero-order valence-corrected chi connectivity index (χ0v) is 11.3. The van der Waals surface area contributed by atoms with Gasteiger partial charge in [0.25, 0.3) is 5.91 Å². The van der Waals surface area contributed by atoms with E-state index in [4.69, 9.17) is 0 Å². The number of imide groups is 1. The smallest absolute Gasteiger partial charge is 0.260 e. The number of carbonyl (C=O) groups excluding carboxylic acids is 2. The minimum atomic E-state index is -0.112. The van der Waals surface area contributed by atoms with E-state index in [0.29, 0.717) is 17.9 Å². The molecule has 0 aromatic heterocycles. The second kappa shape index (κ2) is 4.80. The first-order valence-electron chi connectivity index (χ1n) is 7.10. The van der Waals surface area contributed by atoms with E-state index in [9.17, 15) is 9.59 Å². The largest absolute Gasteiger partial charge is 0.275 e. The number of nitrogens with zero attached hydrogens (tertiary/aromatic N) is 1. The molecule has 1 aromatic carbocycles. The molecule has 1 heterocycles. The first-order valence-corrected chi connectivity index (χ1v) is 7.10.